The Morgan fingerprint density at radius 3 is 2.61 bits per heavy atom. The Morgan fingerprint density at radius 2 is 1.96 bits per heavy atom. The van der Waals surface area contributed by atoms with Gasteiger partial charge in [-0.05, 0) is 36.8 Å². The van der Waals surface area contributed by atoms with Crippen molar-refractivity contribution in [1.29, 1.82) is 0 Å². The zero-order valence-electron chi connectivity index (χ0n) is 14.7. The maximum Gasteiger partial charge on any atom is 0.341 e. The topological polar surface area (TPSA) is 67.8 Å². The molecule has 1 saturated carbocycles. The van der Waals surface area contributed by atoms with Crippen LogP contribution < -0.4 is 5.32 Å². The van der Waals surface area contributed by atoms with Gasteiger partial charge in [-0.1, -0.05) is 58.7 Å². The van der Waals surface area contributed by atoms with E-state index in [1.54, 1.807) is 0 Å². The van der Waals surface area contributed by atoms with Crippen LogP contribution in [0.2, 0.25) is 15.1 Å². The van der Waals surface area contributed by atoms with E-state index < -0.39 is 5.97 Å². The SMILES string of the molecule is O=C(OCCC1SC(=NC2CC3C=CC2C3)NC1=O)c1c(Cl)cc(Cl)cc1Cl. The molecule has 0 aromatic heterocycles. The maximum atomic E-state index is 12.2. The number of rotatable bonds is 5. The Kier molecular flexibility index (Phi) is 5.93. The standard InChI is InChI=1S/C19H17Cl3N2O3S/c20-11-7-12(21)16(13(22)8-11)18(26)27-4-3-15-17(25)24-19(28-15)23-14-6-9-1-2-10(14)5-9/h1-2,7-10,14-15H,3-6H2,(H,23,24,25). The normalized spacial score (nSPS) is 29.5. The molecular weight excluding hydrogens is 443 g/mol. The molecule has 1 heterocycles. The molecule has 1 saturated heterocycles. The molecule has 1 amide bonds. The van der Waals surface area contributed by atoms with Gasteiger partial charge in [-0.25, -0.2) is 4.79 Å². The lowest BCUT2D eigenvalue weighted by Gasteiger charge is -2.13. The summed E-state index contributed by atoms with van der Waals surface area (Å²) in [6, 6.07) is 3.11. The van der Waals surface area contributed by atoms with Crippen LogP contribution in [0.4, 0.5) is 0 Å². The van der Waals surface area contributed by atoms with Gasteiger partial charge in [-0.15, -0.1) is 0 Å². The summed E-state index contributed by atoms with van der Waals surface area (Å²) in [6.45, 7) is 0.0728. The molecule has 4 unspecified atom stereocenters. The third-order valence-corrected chi connectivity index (χ3v) is 7.11. The Labute approximate surface area is 181 Å². The van der Waals surface area contributed by atoms with Crippen LogP contribution in [0.5, 0.6) is 0 Å². The van der Waals surface area contributed by atoms with Crippen molar-refractivity contribution in [3.8, 4) is 0 Å². The molecule has 0 spiro atoms. The van der Waals surface area contributed by atoms with E-state index in [9.17, 15) is 9.59 Å². The quantitative estimate of drug-likeness (QED) is 0.510. The zero-order chi connectivity index (χ0) is 19.8. The minimum absolute atomic E-state index is 0.0721. The number of halogens is 3. The number of esters is 1. The Bertz CT molecular complexity index is 866. The molecule has 1 aliphatic heterocycles. The first-order valence-corrected chi connectivity index (χ1v) is 11.0. The summed E-state index contributed by atoms with van der Waals surface area (Å²) in [5.74, 6) is 0.367. The largest absolute Gasteiger partial charge is 0.462 e. The summed E-state index contributed by atoms with van der Waals surface area (Å²) in [5.41, 5.74) is 0.0721. The van der Waals surface area contributed by atoms with Crippen molar-refractivity contribution in [2.75, 3.05) is 6.61 Å². The highest BCUT2D eigenvalue weighted by Crippen LogP contribution is 2.41. The molecule has 1 aromatic carbocycles. The Balaban J connectivity index is 1.30. The molecule has 1 aromatic rings. The van der Waals surface area contributed by atoms with Gasteiger partial charge < -0.3 is 10.1 Å². The van der Waals surface area contributed by atoms with E-state index in [0.29, 0.717) is 28.4 Å². The van der Waals surface area contributed by atoms with E-state index >= 15 is 0 Å². The number of ether oxygens (including phenoxy) is 1. The van der Waals surface area contributed by atoms with Gasteiger partial charge in [-0.3, -0.25) is 9.79 Å². The van der Waals surface area contributed by atoms with E-state index in [1.165, 1.54) is 23.9 Å². The van der Waals surface area contributed by atoms with Crippen LogP contribution >= 0.6 is 46.6 Å². The average molecular weight is 460 g/mol. The zero-order valence-corrected chi connectivity index (χ0v) is 17.7. The summed E-state index contributed by atoms with van der Waals surface area (Å²) < 4.78 is 5.26. The number of amides is 1. The van der Waals surface area contributed by atoms with Crippen LogP contribution in [-0.2, 0) is 9.53 Å². The summed E-state index contributed by atoms with van der Waals surface area (Å²) in [4.78, 5) is 29.2. The lowest BCUT2D eigenvalue weighted by Crippen LogP contribution is -2.27. The number of hydrogen-bond acceptors (Lipinski definition) is 5. The van der Waals surface area contributed by atoms with E-state index in [1.807, 2.05) is 0 Å². The minimum Gasteiger partial charge on any atom is -0.462 e. The van der Waals surface area contributed by atoms with Gasteiger partial charge in [0.15, 0.2) is 5.17 Å². The van der Waals surface area contributed by atoms with Crippen molar-refractivity contribution in [2.24, 2.45) is 16.8 Å². The molecule has 1 N–H and O–H groups in total. The molecule has 9 heteroatoms. The van der Waals surface area contributed by atoms with Gasteiger partial charge in [0, 0.05) is 11.4 Å². The van der Waals surface area contributed by atoms with Crippen molar-refractivity contribution < 1.29 is 14.3 Å². The maximum absolute atomic E-state index is 12.2. The number of allylic oxidation sites excluding steroid dienone is 1. The van der Waals surface area contributed by atoms with Crippen LogP contribution in [0.15, 0.2) is 29.3 Å². The van der Waals surface area contributed by atoms with E-state index in [0.717, 1.165) is 12.8 Å². The first kappa shape index (κ1) is 20.1. The van der Waals surface area contributed by atoms with Gasteiger partial charge in [0.25, 0.3) is 0 Å². The molecule has 2 aliphatic carbocycles. The fraction of sp³-hybridized carbons (Fsp3) is 0.421. The van der Waals surface area contributed by atoms with E-state index in [2.05, 4.69) is 17.5 Å². The number of benzene rings is 1. The second-order valence-corrected chi connectivity index (χ2v) is 9.49. The number of amidine groups is 1. The Morgan fingerprint density at radius 1 is 1.21 bits per heavy atom. The predicted octanol–water partition coefficient (Wildman–Crippen LogP) is 4.75. The molecule has 4 atom stereocenters. The highest BCUT2D eigenvalue weighted by Gasteiger charge is 2.37. The third kappa shape index (κ3) is 4.20. The lowest BCUT2D eigenvalue weighted by molar-refractivity contribution is -0.119. The van der Waals surface area contributed by atoms with Crippen molar-refractivity contribution in [3.63, 3.8) is 0 Å². The van der Waals surface area contributed by atoms with Crippen LogP contribution in [0.25, 0.3) is 0 Å². The number of fused-ring (bicyclic) bond motifs is 2. The summed E-state index contributed by atoms with van der Waals surface area (Å²) in [6.07, 6.45) is 7.08. The van der Waals surface area contributed by atoms with Gasteiger partial charge in [0.2, 0.25) is 5.91 Å². The number of hydrogen-bond donors (Lipinski definition) is 1. The monoisotopic (exact) mass is 458 g/mol. The second-order valence-electron chi connectivity index (χ2n) is 7.05. The molecule has 2 bridgehead atoms. The molecule has 28 heavy (non-hydrogen) atoms. The molecule has 4 rings (SSSR count). The first-order valence-electron chi connectivity index (χ1n) is 8.96. The molecule has 148 valence electrons. The first-order chi connectivity index (χ1) is 13.4. The van der Waals surface area contributed by atoms with Crippen LogP contribution in [0.1, 0.15) is 29.6 Å². The summed E-state index contributed by atoms with van der Waals surface area (Å²) in [7, 11) is 0. The van der Waals surface area contributed by atoms with E-state index in [-0.39, 0.29) is 39.4 Å². The number of nitrogens with zero attached hydrogens (tertiary/aromatic N) is 1. The molecular formula is C19H17Cl3N2O3S. The van der Waals surface area contributed by atoms with Crippen LogP contribution in [-0.4, -0.2) is 34.9 Å². The molecule has 2 fully saturated rings. The number of carbonyl (C=O) groups is 2. The highest BCUT2D eigenvalue weighted by atomic mass is 35.5. The van der Waals surface area contributed by atoms with Crippen molar-refractivity contribution in [2.45, 2.75) is 30.6 Å². The van der Waals surface area contributed by atoms with Crippen molar-refractivity contribution >= 4 is 63.6 Å². The number of carbonyl (C=O) groups excluding carboxylic acids is 2. The fourth-order valence-electron chi connectivity index (χ4n) is 3.78. The highest BCUT2D eigenvalue weighted by molar-refractivity contribution is 8.15. The van der Waals surface area contributed by atoms with Crippen molar-refractivity contribution in [3.05, 3.63) is 44.9 Å². The minimum atomic E-state index is -0.641. The number of thioether (sulfide) groups is 1. The van der Waals surface area contributed by atoms with Crippen molar-refractivity contribution in [1.82, 2.24) is 5.32 Å². The predicted molar refractivity (Wildman–Crippen MR) is 112 cm³/mol. The number of nitrogens with one attached hydrogen (secondary N) is 1. The summed E-state index contributed by atoms with van der Waals surface area (Å²) >= 11 is 19.3. The molecule has 5 nitrogen and oxygen atoms in total. The lowest BCUT2D eigenvalue weighted by atomic mass is 10.0. The number of aliphatic imine (C=N–C) groups is 1. The Hall–Kier alpha value is -1.21. The molecule has 3 aliphatic rings. The fourth-order valence-corrected chi connectivity index (χ4v) is 5.75. The van der Waals surface area contributed by atoms with Gasteiger partial charge >= 0.3 is 5.97 Å². The average Bonchev–Trinajstić information content (AvgIpc) is 3.30. The third-order valence-electron chi connectivity index (χ3n) is 5.13. The molecule has 0 radical (unpaired) electrons. The van der Waals surface area contributed by atoms with Gasteiger partial charge in [0.1, 0.15) is 0 Å². The van der Waals surface area contributed by atoms with Crippen LogP contribution in [0.3, 0.4) is 0 Å². The summed E-state index contributed by atoms with van der Waals surface area (Å²) in [5, 5.41) is 3.76. The van der Waals surface area contributed by atoms with Crippen LogP contribution in [0, 0.1) is 11.8 Å². The smallest absolute Gasteiger partial charge is 0.341 e. The second kappa shape index (κ2) is 8.27. The van der Waals surface area contributed by atoms with Gasteiger partial charge in [-0.2, -0.15) is 0 Å². The van der Waals surface area contributed by atoms with E-state index in [4.69, 9.17) is 44.5 Å². The van der Waals surface area contributed by atoms with Gasteiger partial charge in [0.05, 0.1) is 33.5 Å².